The summed E-state index contributed by atoms with van der Waals surface area (Å²) < 4.78 is 5.11. The summed E-state index contributed by atoms with van der Waals surface area (Å²) in [5.74, 6) is -0.0848. The van der Waals surface area contributed by atoms with E-state index in [0.717, 1.165) is 5.56 Å². The van der Waals surface area contributed by atoms with Crippen molar-refractivity contribution in [1.29, 1.82) is 0 Å². The summed E-state index contributed by atoms with van der Waals surface area (Å²) in [6.45, 7) is 2.87. The lowest BCUT2D eigenvalue weighted by Gasteiger charge is -2.16. The second-order valence-corrected chi connectivity index (χ2v) is 4.08. The molecule has 0 heterocycles. The van der Waals surface area contributed by atoms with Gasteiger partial charge in [-0.3, -0.25) is 4.79 Å². The third-order valence-electron chi connectivity index (χ3n) is 2.59. The van der Waals surface area contributed by atoms with Crippen LogP contribution in [0.4, 0.5) is 0 Å². The number of benzene rings is 1. The van der Waals surface area contributed by atoms with Crippen molar-refractivity contribution in [3.63, 3.8) is 0 Å². The number of carbonyl (C=O) groups excluding carboxylic acids is 1. The second kappa shape index (κ2) is 8.66. The van der Waals surface area contributed by atoms with Crippen molar-refractivity contribution in [2.24, 2.45) is 0 Å². The maximum atomic E-state index is 11.6. The van der Waals surface area contributed by atoms with Crippen molar-refractivity contribution in [3.05, 3.63) is 35.9 Å². The molecule has 0 bridgehead atoms. The van der Waals surface area contributed by atoms with Crippen molar-refractivity contribution >= 4 is 5.91 Å². The summed E-state index contributed by atoms with van der Waals surface area (Å²) in [7, 11) is 0. The second-order valence-electron chi connectivity index (χ2n) is 4.08. The van der Waals surface area contributed by atoms with Crippen LogP contribution in [0.5, 0.6) is 0 Å². The molecule has 1 atom stereocenters. The molecule has 4 nitrogen and oxygen atoms in total. The zero-order valence-corrected chi connectivity index (χ0v) is 10.8. The predicted molar refractivity (Wildman–Crippen MR) is 70.3 cm³/mol. The van der Waals surface area contributed by atoms with Gasteiger partial charge in [-0.25, -0.2) is 0 Å². The Hall–Kier alpha value is -1.39. The van der Waals surface area contributed by atoms with Crippen molar-refractivity contribution in [1.82, 2.24) is 5.32 Å². The summed E-state index contributed by atoms with van der Waals surface area (Å²) in [5.41, 5.74) is 1.10. The highest BCUT2D eigenvalue weighted by molar-refractivity contribution is 5.76. The summed E-state index contributed by atoms with van der Waals surface area (Å²) in [4.78, 5) is 11.6. The van der Waals surface area contributed by atoms with Gasteiger partial charge in [0.1, 0.15) is 0 Å². The highest BCUT2D eigenvalue weighted by Gasteiger charge is 2.11. The number of nitrogens with one attached hydrogen (secondary N) is 1. The molecule has 1 aromatic carbocycles. The lowest BCUT2D eigenvalue weighted by molar-refractivity contribution is -0.123. The van der Waals surface area contributed by atoms with Crippen LogP contribution in [0.3, 0.4) is 0 Å². The van der Waals surface area contributed by atoms with Gasteiger partial charge in [-0.2, -0.15) is 0 Å². The van der Waals surface area contributed by atoms with Gasteiger partial charge < -0.3 is 15.2 Å². The van der Waals surface area contributed by atoms with E-state index < -0.39 is 0 Å². The average Bonchev–Trinajstić information content (AvgIpc) is 2.39. The van der Waals surface area contributed by atoms with E-state index in [9.17, 15) is 9.90 Å². The fourth-order valence-corrected chi connectivity index (χ4v) is 1.67. The average molecular weight is 251 g/mol. The molecular weight excluding hydrogens is 230 g/mol. The molecule has 2 N–H and O–H groups in total. The van der Waals surface area contributed by atoms with E-state index in [0.29, 0.717) is 26.1 Å². The molecule has 0 saturated heterocycles. The first-order chi connectivity index (χ1) is 8.76. The first kappa shape index (κ1) is 14.7. The molecule has 4 heteroatoms. The monoisotopic (exact) mass is 251 g/mol. The van der Waals surface area contributed by atoms with Gasteiger partial charge in [0.05, 0.1) is 19.3 Å². The number of aliphatic hydroxyl groups excluding tert-OH is 1. The zero-order valence-electron chi connectivity index (χ0n) is 10.8. The molecule has 0 aliphatic carbocycles. The summed E-state index contributed by atoms with van der Waals surface area (Å²) in [6.07, 6.45) is 0.969. The van der Waals surface area contributed by atoms with Gasteiger partial charge >= 0.3 is 0 Å². The SMILES string of the molecule is CCOCCC(=O)N[C@@H](CO)Cc1ccccc1. The zero-order chi connectivity index (χ0) is 13.2. The van der Waals surface area contributed by atoms with Crippen LogP contribution < -0.4 is 5.32 Å². The molecule has 1 rings (SSSR count). The number of ether oxygens (including phenoxy) is 1. The normalized spacial score (nSPS) is 12.1. The number of carbonyl (C=O) groups is 1. The first-order valence-corrected chi connectivity index (χ1v) is 6.28. The van der Waals surface area contributed by atoms with Crippen LogP contribution in [-0.2, 0) is 16.0 Å². The maximum absolute atomic E-state index is 11.6. The van der Waals surface area contributed by atoms with E-state index in [4.69, 9.17) is 4.74 Å². The molecule has 0 aromatic heterocycles. The predicted octanol–water partition coefficient (Wildman–Crippen LogP) is 1.13. The topological polar surface area (TPSA) is 58.6 Å². The van der Waals surface area contributed by atoms with E-state index in [1.54, 1.807) is 0 Å². The molecule has 0 fully saturated rings. The van der Waals surface area contributed by atoms with Crippen molar-refractivity contribution in [3.8, 4) is 0 Å². The molecule has 18 heavy (non-hydrogen) atoms. The summed E-state index contributed by atoms with van der Waals surface area (Å²) in [5, 5.41) is 12.1. The fourth-order valence-electron chi connectivity index (χ4n) is 1.67. The highest BCUT2D eigenvalue weighted by atomic mass is 16.5. The Morgan fingerprint density at radius 3 is 2.72 bits per heavy atom. The van der Waals surface area contributed by atoms with Crippen LogP contribution in [0.25, 0.3) is 0 Å². The van der Waals surface area contributed by atoms with Gasteiger partial charge in [-0.15, -0.1) is 0 Å². The van der Waals surface area contributed by atoms with Crippen LogP contribution >= 0.6 is 0 Å². The minimum absolute atomic E-state index is 0.0602. The van der Waals surface area contributed by atoms with Crippen LogP contribution in [0, 0.1) is 0 Å². The Morgan fingerprint density at radius 1 is 1.39 bits per heavy atom. The fraction of sp³-hybridized carbons (Fsp3) is 0.500. The standard InChI is InChI=1S/C14H21NO3/c1-2-18-9-8-14(17)15-13(11-16)10-12-6-4-3-5-7-12/h3-7,13,16H,2,8-11H2,1H3,(H,15,17)/t13-/m1/s1. The van der Waals surface area contributed by atoms with Crippen molar-refractivity contribution < 1.29 is 14.6 Å². The lowest BCUT2D eigenvalue weighted by atomic mass is 10.1. The van der Waals surface area contributed by atoms with E-state index in [1.165, 1.54) is 0 Å². The quantitative estimate of drug-likeness (QED) is 0.681. The van der Waals surface area contributed by atoms with Crippen LogP contribution in [0.15, 0.2) is 30.3 Å². The van der Waals surface area contributed by atoms with E-state index in [1.807, 2.05) is 37.3 Å². The molecule has 0 radical (unpaired) electrons. The molecule has 0 spiro atoms. The largest absolute Gasteiger partial charge is 0.394 e. The maximum Gasteiger partial charge on any atom is 0.222 e. The minimum atomic E-state index is -0.235. The molecular formula is C14H21NO3. The van der Waals surface area contributed by atoms with Gasteiger partial charge in [0, 0.05) is 13.0 Å². The van der Waals surface area contributed by atoms with Crippen LogP contribution in [0.2, 0.25) is 0 Å². The number of amides is 1. The minimum Gasteiger partial charge on any atom is -0.394 e. The molecule has 0 aliphatic rings. The molecule has 100 valence electrons. The smallest absolute Gasteiger partial charge is 0.222 e. The van der Waals surface area contributed by atoms with Crippen molar-refractivity contribution in [2.45, 2.75) is 25.8 Å². The number of rotatable bonds is 8. The Balaban J connectivity index is 2.35. The van der Waals surface area contributed by atoms with E-state index in [2.05, 4.69) is 5.32 Å². The Morgan fingerprint density at radius 2 is 2.11 bits per heavy atom. The van der Waals surface area contributed by atoms with E-state index in [-0.39, 0.29) is 18.6 Å². The molecule has 0 saturated carbocycles. The van der Waals surface area contributed by atoms with Gasteiger partial charge in [0.2, 0.25) is 5.91 Å². The van der Waals surface area contributed by atoms with Crippen LogP contribution in [0.1, 0.15) is 18.9 Å². The third kappa shape index (κ3) is 5.80. The number of hydrogen-bond acceptors (Lipinski definition) is 3. The van der Waals surface area contributed by atoms with Crippen LogP contribution in [-0.4, -0.2) is 36.9 Å². The Labute approximate surface area is 108 Å². The summed E-state index contributed by atoms with van der Waals surface area (Å²) in [6, 6.07) is 9.56. The van der Waals surface area contributed by atoms with E-state index >= 15 is 0 Å². The molecule has 0 aliphatic heterocycles. The van der Waals surface area contributed by atoms with Crippen molar-refractivity contribution in [2.75, 3.05) is 19.8 Å². The lowest BCUT2D eigenvalue weighted by Crippen LogP contribution is -2.39. The van der Waals surface area contributed by atoms with Gasteiger partial charge in [0.25, 0.3) is 0 Å². The Bertz CT molecular complexity index is 340. The van der Waals surface area contributed by atoms with Gasteiger partial charge in [0.15, 0.2) is 0 Å². The highest BCUT2D eigenvalue weighted by Crippen LogP contribution is 2.03. The summed E-state index contributed by atoms with van der Waals surface area (Å²) >= 11 is 0. The number of aliphatic hydroxyl groups is 1. The molecule has 0 unspecified atom stereocenters. The Kier molecular flexibility index (Phi) is 7.06. The third-order valence-corrected chi connectivity index (χ3v) is 2.59. The number of hydrogen-bond donors (Lipinski definition) is 2. The first-order valence-electron chi connectivity index (χ1n) is 6.28. The van der Waals surface area contributed by atoms with Gasteiger partial charge in [-0.05, 0) is 18.9 Å². The molecule has 1 aromatic rings. The molecule has 1 amide bonds. The van der Waals surface area contributed by atoms with Gasteiger partial charge in [-0.1, -0.05) is 30.3 Å².